The second-order valence-electron chi connectivity index (χ2n) is 20.2. The Labute approximate surface area is 554 Å². The van der Waals surface area contributed by atoms with Crippen LogP contribution in [-0.2, 0) is 60.1 Å². The average Bonchev–Trinajstić information content (AvgIpc) is 1.81. The molecular weight excluding hydrogens is 1320 g/mol. The van der Waals surface area contributed by atoms with Crippen LogP contribution in [0.5, 0.6) is 5.75 Å². The summed E-state index contributed by atoms with van der Waals surface area (Å²) in [5, 5.41) is 16.4. The molecule has 1 aromatic heterocycles. The highest BCUT2D eigenvalue weighted by atomic mass is 35.5. The number of alkyl halides is 3. The molecule has 4 aromatic rings. The van der Waals surface area contributed by atoms with Gasteiger partial charge in [-0.2, -0.15) is 15.0 Å². The minimum Gasteiger partial charge on any atom is -0.778 e. The molecule has 0 radical (unpaired) electrons. The highest BCUT2D eigenvalue weighted by molar-refractivity contribution is 7.94. The van der Waals surface area contributed by atoms with Crippen molar-refractivity contribution >= 4 is 159 Å². The minimum absolute atomic E-state index is 0.0223. The van der Waals surface area contributed by atoms with E-state index in [-0.39, 0.29) is 64.6 Å². The van der Waals surface area contributed by atoms with Gasteiger partial charge in [0.2, 0.25) is 23.1 Å². The Bertz CT molecular complexity index is 3090. The highest BCUT2D eigenvalue weighted by Gasteiger charge is 2.40. The first kappa shape index (κ1) is 79.8. The van der Waals surface area contributed by atoms with Crippen molar-refractivity contribution in [1.29, 1.82) is 0 Å². The van der Waals surface area contributed by atoms with Crippen molar-refractivity contribution in [3.63, 3.8) is 0 Å². The van der Waals surface area contributed by atoms with Gasteiger partial charge in [0.1, 0.15) is 30.9 Å². The van der Waals surface area contributed by atoms with E-state index in [0.29, 0.717) is 82.0 Å². The summed E-state index contributed by atoms with van der Waals surface area (Å²) in [7, 11) is -2.07. The SMILES string of the molecule is CC1COc2ccccc2N1C(=O)C(Cl)Cl.CCNc1nc(Cl)nc(NC(C)C)n1.CCOC(=O)/C(Cl)=C/c1cc(N2C(=O)C3=C(CCCC3)C2=O)ccc1Cl.CCc1cccc(C)c1N(C(=O)CCl)C(C)COC.C[S+](C)C.O=C(O)CNCP(=O)([O-])O. The number of carbonyl (C=O) groups is 6. The summed E-state index contributed by atoms with van der Waals surface area (Å²) in [5.41, 5.74) is 5.97. The number of rotatable bonds is 19. The summed E-state index contributed by atoms with van der Waals surface area (Å²) < 4.78 is 25.5. The molecule has 3 heterocycles. The second-order valence-corrected chi connectivity index (χ2v) is 26.8. The monoisotopic (exact) mass is 1400 g/mol. The van der Waals surface area contributed by atoms with E-state index in [1.165, 1.54) is 11.0 Å². The third-order valence-electron chi connectivity index (χ3n) is 12.0. The van der Waals surface area contributed by atoms with Crippen LogP contribution in [0.4, 0.5) is 29.0 Å². The predicted octanol–water partition coefficient (Wildman–Crippen LogP) is 10.4. The van der Waals surface area contributed by atoms with Crippen LogP contribution in [0.15, 0.2) is 76.8 Å². The summed E-state index contributed by atoms with van der Waals surface area (Å²) >= 11 is 34.9. The number of carboxylic acids is 1. The van der Waals surface area contributed by atoms with Crippen molar-refractivity contribution in [2.45, 2.75) is 110 Å². The standard InChI is InChI=1S/C19H17Cl2NO4.C15H22ClNO2.C11H11Cl2NO2.C8H14ClN5.C3H8NO5P.C3H9S/c1-2-26-19(25)16(21)10-11-9-12(7-8-15(11)20)22-17(23)13-5-3-4-6-14(13)18(22)24;1-5-13-8-6-7-11(2)15(13)17(14(18)9-16)12(3)10-19-4;1-7-6-16-9-5-3-2-4-8(9)14(7)11(15)10(12)13;1-4-10-7-12-6(9)13-8(14-7)11-5(2)3;5-3(6)1-4-2-10(7,8)9;1-4(2)3/h7-10H,2-6H2,1H3;6-8,12H,5,9-10H2,1-4H3;2-5,7,10H,6H2,1H3;5H,4H2,1-3H3,(H2,10,11,12,13,14);4H,1-2H2,(H,5,6)(H2,7,8,9);1-3H3/q;;;;;+1/p-1/b16-10-;;;;;. The quantitative estimate of drug-likeness (QED) is 0.0146. The lowest BCUT2D eigenvalue weighted by molar-refractivity contribution is -0.193. The van der Waals surface area contributed by atoms with Gasteiger partial charge in [-0.15, -0.1) is 11.6 Å². The normalized spacial score (nSPS) is 15.1. The topological polar surface area (TPSA) is 295 Å². The molecule has 30 heteroatoms. The predicted molar refractivity (Wildman–Crippen MR) is 358 cm³/mol. The number of ether oxygens (including phenoxy) is 3. The summed E-state index contributed by atoms with van der Waals surface area (Å²) in [6.45, 7) is 17.0. The minimum atomic E-state index is -4.35. The molecule has 1 aliphatic carbocycles. The highest BCUT2D eigenvalue weighted by Crippen LogP contribution is 2.38. The zero-order valence-corrected chi connectivity index (χ0v) is 58.1. The van der Waals surface area contributed by atoms with Crippen LogP contribution >= 0.6 is 77.2 Å². The fourth-order valence-electron chi connectivity index (χ4n) is 8.43. The number of carboxylic acid groups (broad SMARTS) is 1. The van der Waals surface area contributed by atoms with E-state index >= 15 is 0 Å². The summed E-state index contributed by atoms with van der Waals surface area (Å²) in [6, 6.07) is 18.3. The van der Waals surface area contributed by atoms with Crippen LogP contribution < -0.4 is 40.3 Å². The maximum Gasteiger partial charge on any atom is 0.349 e. The zero-order chi connectivity index (χ0) is 67.3. The molecule has 3 unspecified atom stereocenters. The number of aliphatic carboxylic acids is 1. The number of halogens is 6. The Morgan fingerprint density at radius 1 is 0.944 bits per heavy atom. The lowest BCUT2D eigenvalue weighted by Crippen LogP contribution is -2.47. The molecule has 0 saturated carbocycles. The van der Waals surface area contributed by atoms with E-state index in [2.05, 4.69) is 57.3 Å². The first-order valence-electron chi connectivity index (χ1n) is 28.0. The van der Waals surface area contributed by atoms with E-state index in [1.807, 2.05) is 83.3 Å². The molecule has 4 amide bonds. The molecule has 492 valence electrons. The average molecular weight is 1400 g/mol. The molecule has 3 aromatic carbocycles. The zero-order valence-electron chi connectivity index (χ0n) is 51.8. The van der Waals surface area contributed by atoms with Crippen LogP contribution in [0, 0.1) is 6.92 Å². The molecule has 22 nitrogen and oxygen atoms in total. The first-order valence-corrected chi connectivity index (χ1v) is 34.7. The number of hydrogen-bond acceptors (Lipinski definition) is 17. The molecule has 0 bridgehead atoms. The van der Waals surface area contributed by atoms with Crippen molar-refractivity contribution < 1.29 is 62.4 Å². The number of nitrogens with one attached hydrogen (secondary N) is 3. The number of anilines is 5. The third kappa shape index (κ3) is 27.2. The van der Waals surface area contributed by atoms with E-state index < -0.39 is 37.2 Å². The summed E-state index contributed by atoms with van der Waals surface area (Å²) in [4.78, 5) is 104. The molecule has 3 atom stereocenters. The Balaban J connectivity index is 0.000000385. The number of fused-ring (bicyclic) bond motifs is 1. The molecule has 5 N–H and O–H groups in total. The van der Waals surface area contributed by atoms with E-state index in [4.69, 9.17) is 93.8 Å². The van der Waals surface area contributed by atoms with Crippen LogP contribution in [0.1, 0.15) is 90.8 Å². The van der Waals surface area contributed by atoms with Gasteiger partial charge in [-0.05, 0) is 156 Å². The number of nitrogens with zero attached hydrogens (tertiary/aromatic N) is 6. The molecule has 7 rings (SSSR count). The molecule has 89 heavy (non-hydrogen) atoms. The van der Waals surface area contributed by atoms with Gasteiger partial charge in [0, 0.05) is 35.9 Å². The Hall–Kier alpha value is -5.27. The van der Waals surface area contributed by atoms with Crippen molar-refractivity contribution in [3.8, 4) is 5.75 Å². The molecule has 0 fully saturated rings. The van der Waals surface area contributed by atoms with Crippen molar-refractivity contribution in [2.24, 2.45) is 0 Å². The number of aryl methyl sites for hydroxylation is 2. The number of methoxy groups -OCH3 is 1. The fraction of sp³-hybridized carbons (Fsp3) is 0.475. The molecule has 0 spiro atoms. The number of esters is 1. The summed E-state index contributed by atoms with van der Waals surface area (Å²) in [6.07, 6.45) is 11.2. The van der Waals surface area contributed by atoms with Gasteiger partial charge in [0.25, 0.3) is 17.7 Å². The fourth-order valence-corrected chi connectivity index (χ4v) is 9.66. The summed E-state index contributed by atoms with van der Waals surface area (Å²) in [5.74, 6) is -1.14. The number of amides is 4. The van der Waals surface area contributed by atoms with Crippen molar-refractivity contribution in [2.75, 3.05) is 96.3 Å². The van der Waals surface area contributed by atoms with Crippen molar-refractivity contribution in [3.05, 3.63) is 104 Å². The van der Waals surface area contributed by atoms with E-state index in [9.17, 15) is 38.2 Å². The van der Waals surface area contributed by atoms with Gasteiger partial charge in [-0.3, -0.25) is 29.3 Å². The molecule has 3 aliphatic rings. The van der Waals surface area contributed by atoms with Crippen molar-refractivity contribution in [1.82, 2.24) is 20.3 Å². The lowest BCUT2D eigenvalue weighted by Gasteiger charge is -2.35. The van der Waals surface area contributed by atoms with Crippen LogP contribution in [0.2, 0.25) is 10.3 Å². The van der Waals surface area contributed by atoms with Gasteiger partial charge < -0.3 is 54.1 Å². The van der Waals surface area contributed by atoms with Gasteiger partial charge in [-0.1, -0.05) is 83.7 Å². The second kappa shape index (κ2) is 40.6. The number of hydrogen-bond donors (Lipinski definition) is 5. The van der Waals surface area contributed by atoms with Gasteiger partial charge in [0.05, 0.1) is 74.0 Å². The molecular formula is C59H80Cl6N9O13PS. The van der Waals surface area contributed by atoms with Gasteiger partial charge in [0.15, 0.2) is 4.84 Å². The van der Waals surface area contributed by atoms with Crippen LogP contribution in [0.25, 0.3) is 6.08 Å². The number of carbonyl (C=O) groups excluding carboxylic acids is 5. The van der Waals surface area contributed by atoms with Gasteiger partial charge >= 0.3 is 11.9 Å². The maximum atomic E-state index is 12.7. The molecule has 2 aliphatic heterocycles. The lowest BCUT2D eigenvalue weighted by atomic mass is 9.93. The number of aromatic nitrogens is 3. The third-order valence-corrected chi connectivity index (χ3v) is 14.0. The number of imide groups is 1. The number of benzene rings is 3. The Morgan fingerprint density at radius 2 is 1.55 bits per heavy atom. The smallest absolute Gasteiger partial charge is 0.349 e. The van der Waals surface area contributed by atoms with E-state index in [0.717, 1.165) is 48.3 Å². The number of para-hydroxylation sites is 3. The maximum absolute atomic E-state index is 12.7. The Kier molecular flexibility index (Phi) is 36.4. The first-order chi connectivity index (χ1) is 41.9. The Morgan fingerprint density at radius 3 is 2.08 bits per heavy atom. The van der Waals surface area contributed by atoms with Crippen LogP contribution in [-0.4, -0.2) is 154 Å². The van der Waals surface area contributed by atoms with Crippen LogP contribution in [0.3, 0.4) is 0 Å². The van der Waals surface area contributed by atoms with Gasteiger partial charge in [-0.25, -0.2) is 9.69 Å². The molecule has 0 saturated heterocycles. The van der Waals surface area contributed by atoms with E-state index in [1.54, 1.807) is 42.0 Å². The largest absolute Gasteiger partial charge is 0.778 e.